The van der Waals surface area contributed by atoms with E-state index in [1.807, 2.05) is 6.07 Å². The van der Waals surface area contributed by atoms with E-state index in [-0.39, 0.29) is 28.6 Å². The molecule has 2 fully saturated rings. The number of benzene rings is 1. The Morgan fingerprint density at radius 3 is 2.58 bits per heavy atom. The van der Waals surface area contributed by atoms with Crippen LogP contribution in [-0.4, -0.2) is 39.0 Å². The quantitative estimate of drug-likeness (QED) is 0.344. The van der Waals surface area contributed by atoms with Gasteiger partial charge in [0.15, 0.2) is 10.8 Å². The number of hydrogen-bond donors (Lipinski definition) is 1. The molecule has 2 aliphatic rings. The molecule has 13 heteroatoms. The Morgan fingerprint density at radius 1 is 1.18 bits per heavy atom. The van der Waals surface area contributed by atoms with Crippen LogP contribution < -0.4 is 15.1 Å². The standard InChI is InChI=1S/C27H20F4N6O2S/c28-21-5-4-17(11-19(21)23(38)34-10-6-16-3-1-9-33-14-16)37-25(40)36(24(39)26(37)7-2-8-26)18-12-20(27(29,30)31)22(13-32)35-15-18/h1,3-5,9,11-12,14-15H,2,6-8,10H2,(H,34,38). The zero-order valence-corrected chi connectivity index (χ0v) is 21.5. The minimum atomic E-state index is -4.89. The Morgan fingerprint density at radius 2 is 1.95 bits per heavy atom. The van der Waals surface area contributed by atoms with Gasteiger partial charge in [-0.1, -0.05) is 6.07 Å². The summed E-state index contributed by atoms with van der Waals surface area (Å²) < 4.78 is 55.5. The van der Waals surface area contributed by atoms with E-state index >= 15 is 0 Å². The second-order valence-corrected chi connectivity index (χ2v) is 9.74. The normalized spacial score (nSPS) is 16.2. The summed E-state index contributed by atoms with van der Waals surface area (Å²) in [6, 6.07) is 9.40. The first-order valence-electron chi connectivity index (χ1n) is 12.2. The van der Waals surface area contributed by atoms with Crippen molar-refractivity contribution in [3.8, 4) is 6.07 Å². The number of aromatic nitrogens is 2. The van der Waals surface area contributed by atoms with E-state index in [4.69, 9.17) is 17.5 Å². The fraction of sp³-hybridized carbons (Fsp3) is 0.259. The smallest absolute Gasteiger partial charge is 0.352 e. The Kier molecular flexibility index (Phi) is 6.97. The Hall–Kier alpha value is -4.44. The number of amides is 2. The number of carbonyl (C=O) groups is 2. The third kappa shape index (κ3) is 4.64. The van der Waals surface area contributed by atoms with E-state index in [0.717, 1.165) is 22.7 Å². The number of carbonyl (C=O) groups excluding carboxylic acids is 2. The summed E-state index contributed by atoms with van der Waals surface area (Å²) in [5.41, 5.74) is -2.71. The van der Waals surface area contributed by atoms with Crippen LogP contribution in [0, 0.1) is 17.1 Å². The molecule has 8 nitrogen and oxygen atoms in total. The number of halogens is 4. The summed E-state index contributed by atoms with van der Waals surface area (Å²) >= 11 is 5.57. The number of alkyl halides is 3. The zero-order valence-electron chi connectivity index (χ0n) is 20.7. The molecule has 5 rings (SSSR count). The predicted octanol–water partition coefficient (Wildman–Crippen LogP) is 4.54. The molecular formula is C27H20F4N6O2S. The first kappa shape index (κ1) is 27.1. The second kappa shape index (κ2) is 10.3. The van der Waals surface area contributed by atoms with Crippen LogP contribution in [0.3, 0.4) is 0 Å². The van der Waals surface area contributed by atoms with Crippen molar-refractivity contribution in [2.45, 2.75) is 37.4 Å². The fourth-order valence-electron chi connectivity index (χ4n) is 4.88. The van der Waals surface area contributed by atoms with Gasteiger partial charge in [-0.3, -0.25) is 19.5 Å². The summed E-state index contributed by atoms with van der Waals surface area (Å²) in [7, 11) is 0. The molecule has 1 spiro atoms. The molecule has 1 N–H and O–H groups in total. The molecule has 0 atom stereocenters. The largest absolute Gasteiger partial charge is 0.419 e. The van der Waals surface area contributed by atoms with Gasteiger partial charge in [0.1, 0.15) is 17.4 Å². The molecule has 0 bridgehead atoms. The number of hydrogen-bond acceptors (Lipinski definition) is 6. The lowest BCUT2D eigenvalue weighted by molar-refractivity contribution is -0.138. The maximum absolute atomic E-state index is 14.7. The van der Waals surface area contributed by atoms with E-state index in [1.54, 1.807) is 18.5 Å². The molecule has 0 unspecified atom stereocenters. The third-order valence-electron chi connectivity index (χ3n) is 7.01. The van der Waals surface area contributed by atoms with E-state index in [2.05, 4.69) is 15.3 Å². The van der Waals surface area contributed by atoms with Crippen LogP contribution >= 0.6 is 12.2 Å². The summed E-state index contributed by atoms with van der Waals surface area (Å²) in [5.74, 6) is -2.02. The molecule has 40 heavy (non-hydrogen) atoms. The topological polar surface area (TPSA) is 102 Å². The third-order valence-corrected chi connectivity index (χ3v) is 7.38. The highest BCUT2D eigenvalue weighted by Crippen LogP contribution is 2.48. The van der Waals surface area contributed by atoms with Crippen molar-refractivity contribution in [2.24, 2.45) is 0 Å². The Balaban J connectivity index is 1.45. The molecule has 204 valence electrons. The summed E-state index contributed by atoms with van der Waals surface area (Å²) in [6.45, 7) is 0.222. The lowest BCUT2D eigenvalue weighted by Crippen LogP contribution is -2.55. The van der Waals surface area contributed by atoms with Crippen LogP contribution in [0.2, 0.25) is 0 Å². The van der Waals surface area contributed by atoms with Gasteiger partial charge in [-0.2, -0.15) is 18.4 Å². The number of rotatable bonds is 6. The summed E-state index contributed by atoms with van der Waals surface area (Å²) in [4.78, 5) is 36.5. The first-order valence-corrected chi connectivity index (χ1v) is 12.6. The summed E-state index contributed by atoms with van der Waals surface area (Å²) in [6.07, 6.45) is 1.21. The van der Waals surface area contributed by atoms with Crippen molar-refractivity contribution in [3.63, 3.8) is 0 Å². The number of thiocarbonyl (C=S) groups is 1. The molecule has 2 aromatic heterocycles. The lowest BCUT2D eigenvalue weighted by atomic mass is 9.75. The van der Waals surface area contributed by atoms with Crippen molar-refractivity contribution >= 4 is 40.5 Å². The SMILES string of the molecule is N#Cc1ncc(N2C(=O)C3(CCC3)N(c3ccc(F)c(C(=O)NCCc4cccnc4)c3)C2=S)cc1C(F)(F)F. The van der Waals surface area contributed by atoms with Gasteiger partial charge >= 0.3 is 6.18 Å². The van der Waals surface area contributed by atoms with Gasteiger partial charge in [0.25, 0.3) is 11.8 Å². The number of pyridine rings is 2. The van der Waals surface area contributed by atoms with Gasteiger partial charge in [-0.15, -0.1) is 0 Å². The monoisotopic (exact) mass is 568 g/mol. The molecule has 3 heterocycles. The minimum Gasteiger partial charge on any atom is -0.352 e. The fourth-order valence-corrected chi connectivity index (χ4v) is 5.35. The molecule has 3 aromatic rings. The number of nitrogens with one attached hydrogen (secondary N) is 1. The molecule has 1 aromatic carbocycles. The molecule has 1 aliphatic carbocycles. The average molecular weight is 569 g/mol. The lowest BCUT2D eigenvalue weighted by Gasteiger charge is -2.43. The van der Waals surface area contributed by atoms with Crippen LogP contribution in [0.5, 0.6) is 0 Å². The minimum absolute atomic E-state index is 0.140. The number of anilines is 2. The Bertz CT molecular complexity index is 1550. The van der Waals surface area contributed by atoms with Crippen molar-refractivity contribution < 1.29 is 27.2 Å². The highest BCUT2D eigenvalue weighted by molar-refractivity contribution is 7.81. The highest BCUT2D eigenvalue weighted by Gasteiger charge is 2.60. The van der Waals surface area contributed by atoms with Crippen LogP contribution in [0.25, 0.3) is 0 Å². The van der Waals surface area contributed by atoms with Crippen LogP contribution in [0.1, 0.15) is 46.4 Å². The molecular weight excluding hydrogens is 548 g/mol. The first-order chi connectivity index (χ1) is 19.1. The van der Waals surface area contributed by atoms with E-state index in [0.29, 0.717) is 31.7 Å². The van der Waals surface area contributed by atoms with E-state index in [9.17, 15) is 27.2 Å². The highest BCUT2D eigenvalue weighted by atomic mass is 32.1. The number of nitriles is 1. The van der Waals surface area contributed by atoms with Gasteiger partial charge < -0.3 is 10.2 Å². The number of nitrogens with zero attached hydrogens (tertiary/aromatic N) is 5. The van der Waals surface area contributed by atoms with Gasteiger partial charge in [-0.25, -0.2) is 9.37 Å². The molecule has 2 amide bonds. The van der Waals surface area contributed by atoms with Crippen molar-refractivity contribution in [3.05, 3.63) is 83.2 Å². The van der Waals surface area contributed by atoms with Crippen LogP contribution in [0.4, 0.5) is 28.9 Å². The van der Waals surface area contributed by atoms with Crippen LogP contribution in [-0.2, 0) is 17.4 Å². The maximum atomic E-state index is 14.7. The Labute approximate surface area is 231 Å². The van der Waals surface area contributed by atoms with Crippen molar-refractivity contribution in [1.82, 2.24) is 15.3 Å². The van der Waals surface area contributed by atoms with Gasteiger partial charge in [-0.05, 0) is 73.8 Å². The molecule has 1 saturated carbocycles. The van der Waals surface area contributed by atoms with E-state index in [1.165, 1.54) is 23.1 Å². The van der Waals surface area contributed by atoms with Gasteiger partial charge in [0, 0.05) is 24.6 Å². The summed E-state index contributed by atoms with van der Waals surface area (Å²) in [5, 5.41) is 11.6. The van der Waals surface area contributed by atoms with Crippen LogP contribution in [0.15, 0.2) is 55.0 Å². The zero-order chi connectivity index (χ0) is 28.7. The predicted molar refractivity (Wildman–Crippen MR) is 140 cm³/mol. The molecule has 0 radical (unpaired) electrons. The molecule has 1 aliphatic heterocycles. The van der Waals surface area contributed by atoms with E-state index < -0.39 is 40.6 Å². The van der Waals surface area contributed by atoms with Gasteiger partial charge in [0.2, 0.25) is 0 Å². The van der Waals surface area contributed by atoms with Crippen molar-refractivity contribution in [2.75, 3.05) is 16.3 Å². The maximum Gasteiger partial charge on any atom is 0.419 e. The average Bonchev–Trinajstić information content (AvgIpc) is 3.15. The second-order valence-electron chi connectivity index (χ2n) is 9.37. The van der Waals surface area contributed by atoms with Crippen molar-refractivity contribution in [1.29, 1.82) is 5.26 Å². The molecule has 1 saturated heterocycles. The van der Waals surface area contributed by atoms with Gasteiger partial charge in [0.05, 0.1) is 23.0 Å².